The number of rotatable bonds is 8. The van der Waals surface area contributed by atoms with Crippen LogP contribution < -0.4 is 4.74 Å². The van der Waals surface area contributed by atoms with Crippen molar-refractivity contribution in [2.75, 3.05) is 0 Å². The molecule has 2 aliphatic carbocycles. The number of aliphatic imine (C=N–C) groups is 2. The summed E-state index contributed by atoms with van der Waals surface area (Å²) in [7, 11) is 0. The number of aromatic nitrogens is 2. The minimum atomic E-state index is -3.01. The van der Waals surface area contributed by atoms with E-state index in [9.17, 15) is 57.8 Å². The van der Waals surface area contributed by atoms with E-state index in [2.05, 4.69) is 20.0 Å². The molecule has 0 fully saturated rings. The third kappa shape index (κ3) is 7.26. The first kappa shape index (κ1) is 43.9. The smallest absolute Gasteiger partial charge is 0.369 e. The molecule has 4 aromatic carbocycles. The molecule has 21 heteroatoms. The van der Waals surface area contributed by atoms with Crippen LogP contribution in [0.5, 0.6) is 5.88 Å². The molecule has 3 aliphatic rings. The summed E-state index contributed by atoms with van der Waals surface area (Å²) in [6, 6.07) is 25.4. The van der Waals surface area contributed by atoms with Crippen molar-refractivity contribution in [3.63, 3.8) is 0 Å². The Morgan fingerprint density at radius 1 is 0.603 bits per heavy atom. The van der Waals surface area contributed by atoms with Crippen molar-refractivity contribution in [3.8, 4) is 39.9 Å². The van der Waals surface area contributed by atoms with Gasteiger partial charge in [0.2, 0.25) is 27.7 Å². The number of esters is 2. The van der Waals surface area contributed by atoms with Gasteiger partial charge in [0.25, 0.3) is 0 Å². The van der Waals surface area contributed by atoms with E-state index in [1.165, 1.54) is 0 Å². The van der Waals surface area contributed by atoms with Gasteiger partial charge >= 0.3 is 17.5 Å². The van der Waals surface area contributed by atoms with Crippen molar-refractivity contribution in [2.45, 2.75) is 18.8 Å². The monoisotopic (exact) mass is 946 g/mol. The van der Waals surface area contributed by atoms with Gasteiger partial charge in [0.1, 0.15) is 70.6 Å². The molecule has 0 bridgehead atoms. The van der Waals surface area contributed by atoms with Crippen LogP contribution in [0.1, 0.15) is 48.7 Å². The zero-order valence-corrected chi connectivity index (χ0v) is 35.4. The summed E-state index contributed by atoms with van der Waals surface area (Å²) in [6.07, 6.45) is 0. The zero-order chi connectivity index (χ0) is 48.0. The Balaban J connectivity index is 1.25. The van der Waals surface area contributed by atoms with E-state index in [1.807, 2.05) is 0 Å². The van der Waals surface area contributed by atoms with Gasteiger partial charge < -0.3 is 14.2 Å². The number of hydrogen-bond donors (Lipinski definition) is 0. The van der Waals surface area contributed by atoms with E-state index < -0.39 is 127 Å². The fourth-order valence-electron chi connectivity index (χ4n) is 7.31. The average Bonchev–Trinajstić information content (AvgIpc) is 4.09. The second-order valence-corrected chi connectivity index (χ2v) is 16.3. The van der Waals surface area contributed by atoms with Crippen molar-refractivity contribution < 1.29 is 51.0 Å². The molecule has 0 unspecified atom stereocenters. The van der Waals surface area contributed by atoms with Gasteiger partial charge in [-0.15, -0.1) is 0 Å². The number of allylic oxidation sites excluding steroid dienone is 4. The summed E-state index contributed by atoms with van der Waals surface area (Å²) in [6.45, 7) is -0.848. The largest absolute Gasteiger partial charge is 0.457 e. The van der Waals surface area contributed by atoms with Crippen LogP contribution in [0.4, 0.5) is 27.8 Å². The second-order valence-electron chi connectivity index (χ2n) is 14.4. The number of thiazole rings is 2. The lowest BCUT2D eigenvalue weighted by Gasteiger charge is -2.31. The molecule has 0 atom stereocenters. The summed E-state index contributed by atoms with van der Waals surface area (Å²) < 4.78 is 75.7. The topological polar surface area (TPSA) is 242 Å². The van der Waals surface area contributed by atoms with Crippen LogP contribution in [-0.4, -0.2) is 44.9 Å². The maximum Gasteiger partial charge on any atom is 0.369 e. The van der Waals surface area contributed by atoms with E-state index in [0.717, 1.165) is 0 Å². The van der Waals surface area contributed by atoms with Gasteiger partial charge in [0, 0.05) is 33.4 Å². The van der Waals surface area contributed by atoms with Gasteiger partial charge in [-0.3, -0.25) is 9.59 Å². The molecule has 0 spiro atoms. The van der Waals surface area contributed by atoms with E-state index in [4.69, 9.17) is 14.2 Å². The number of halogens is 4. The van der Waals surface area contributed by atoms with Crippen LogP contribution in [0, 0.1) is 68.6 Å². The number of benzene rings is 4. The van der Waals surface area contributed by atoms with Crippen molar-refractivity contribution in [1.82, 2.24) is 9.97 Å². The van der Waals surface area contributed by atoms with E-state index >= 15 is 0 Å². The van der Waals surface area contributed by atoms with Gasteiger partial charge in [0.05, 0.1) is 4.88 Å². The van der Waals surface area contributed by atoms with Crippen molar-refractivity contribution in [1.29, 1.82) is 21.0 Å². The Morgan fingerprint density at radius 3 is 1.43 bits per heavy atom. The molecule has 0 amide bonds. The second kappa shape index (κ2) is 17.3. The van der Waals surface area contributed by atoms with Crippen LogP contribution in [0.25, 0.3) is 20.9 Å². The lowest BCUT2D eigenvalue weighted by atomic mass is 9.95. The Kier molecular flexibility index (Phi) is 11.2. The van der Waals surface area contributed by atoms with Gasteiger partial charge in [-0.25, -0.2) is 42.1 Å². The summed E-state index contributed by atoms with van der Waals surface area (Å²) >= 11 is 1.25. The molecule has 3 heterocycles. The lowest BCUT2D eigenvalue weighted by Crippen LogP contribution is -2.52. The highest BCUT2D eigenvalue weighted by molar-refractivity contribution is 7.25. The van der Waals surface area contributed by atoms with Gasteiger partial charge in [0.15, 0.2) is 23.3 Å². The van der Waals surface area contributed by atoms with E-state index in [0.29, 0.717) is 58.1 Å². The zero-order valence-electron chi connectivity index (χ0n) is 33.8. The first-order valence-electron chi connectivity index (χ1n) is 19.3. The van der Waals surface area contributed by atoms with Crippen LogP contribution in [-0.2, 0) is 37.9 Å². The maximum absolute atomic E-state index is 14.7. The number of nitriles is 4. The molecule has 0 radical (unpaired) electrons. The average molecular weight is 947 g/mol. The number of ketones is 2. The van der Waals surface area contributed by atoms with Crippen molar-refractivity contribution in [2.24, 2.45) is 9.98 Å². The van der Waals surface area contributed by atoms with E-state index in [1.54, 1.807) is 84.9 Å². The quantitative estimate of drug-likeness (QED) is 0.0603. The minimum Gasteiger partial charge on any atom is -0.457 e. The number of carbonyl (C=O) groups is 4. The fraction of sp³-hybridized carbons (Fsp3) is 0.0638. The normalized spacial score (nSPS) is 14.9. The van der Waals surface area contributed by atoms with Crippen molar-refractivity contribution in [3.05, 3.63) is 158 Å². The number of ether oxygens (including phenoxy) is 3. The molecule has 328 valence electrons. The van der Waals surface area contributed by atoms with Crippen molar-refractivity contribution >= 4 is 79.0 Å². The first-order chi connectivity index (χ1) is 32.8. The fourth-order valence-corrected chi connectivity index (χ4v) is 9.30. The predicted octanol–water partition coefficient (Wildman–Crippen LogP) is 8.44. The molecule has 6 aromatic rings. The highest BCUT2D eigenvalue weighted by Crippen LogP contribution is 2.54. The molecule has 68 heavy (non-hydrogen) atoms. The summed E-state index contributed by atoms with van der Waals surface area (Å²) in [4.78, 5) is 74.3. The van der Waals surface area contributed by atoms with Crippen LogP contribution >= 0.6 is 22.7 Å². The van der Waals surface area contributed by atoms with Crippen LogP contribution in [0.15, 0.2) is 106 Å². The van der Waals surface area contributed by atoms with Gasteiger partial charge in [-0.05, 0) is 35.4 Å². The number of fused-ring (bicyclic) bond motifs is 5. The SMILES string of the molecule is N#CC(C#N)=C1/C(=N/c2nc3c(s2)-c2sc(/N=C4\C(=O)c5cc(F)c(F)cc5C4=C(C#N)C#N)nc2C(C(=O)OCc2ccccc2)(C(=O)OCc2ccccc2)O3)C(=O)c2cc(F)c(F)cc21. The third-order valence-corrected chi connectivity index (χ3v) is 12.4. The Morgan fingerprint density at radius 2 is 1.00 bits per heavy atom. The predicted molar refractivity (Wildman–Crippen MR) is 230 cm³/mol. The molecule has 0 saturated heterocycles. The van der Waals surface area contributed by atoms with Gasteiger partial charge in [-0.1, -0.05) is 83.3 Å². The Hall–Kier alpha value is -9.28. The highest BCUT2D eigenvalue weighted by atomic mass is 32.1. The number of carbonyl (C=O) groups excluding carboxylic acids is 4. The number of Topliss-reactive ketones (excluding diaryl/α,β-unsaturated/α-hetero) is 2. The molecule has 0 N–H and O–H groups in total. The van der Waals surface area contributed by atoms with E-state index in [-0.39, 0.29) is 26.0 Å². The molecular formula is C47H18F4N8O7S2. The molecule has 1 aliphatic heterocycles. The minimum absolute atomic E-state index is 0.0484. The van der Waals surface area contributed by atoms with Gasteiger partial charge in [-0.2, -0.15) is 26.0 Å². The number of hydrogen-bond acceptors (Lipinski definition) is 17. The summed E-state index contributed by atoms with van der Waals surface area (Å²) in [5, 5.41) is 38.6. The summed E-state index contributed by atoms with van der Waals surface area (Å²) in [5.41, 5.74) is -7.69. The standard InChI is InChI=1S/C47H18F4N8O7S2/c48-29-11-25-27(13-31(29)50)37(60)35(33(25)23(15-52)16-53)56-45-58-41-39(67-45)40-42(59-46(68-40)57-36-34(24(17-54)18-55)26-12-30(49)32(51)14-28(26)38(36)61)66-47(41,43(62)64-19-21-7-3-1-4-8-21)44(63)65-20-22-9-5-2-6-10-22/h1-14H,19-20H2/b56-35-,57-36-. The Bertz CT molecular complexity index is 3490. The first-order valence-corrected chi connectivity index (χ1v) is 20.9. The Labute approximate surface area is 386 Å². The van der Waals surface area contributed by atoms with Crippen LogP contribution in [0.3, 0.4) is 0 Å². The third-order valence-electron chi connectivity index (χ3n) is 10.4. The molecule has 9 rings (SSSR count). The molecule has 15 nitrogen and oxygen atoms in total. The number of nitrogens with zero attached hydrogens (tertiary/aromatic N) is 8. The summed E-state index contributed by atoms with van der Waals surface area (Å²) in [5.74, 6) is -11.0. The maximum atomic E-state index is 14.7. The molecule has 0 saturated carbocycles. The van der Waals surface area contributed by atoms with Crippen LogP contribution in [0.2, 0.25) is 0 Å². The highest BCUT2D eigenvalue weighted by Gasteiger charge is 2.61. The lowest BCUT2D eigenvalue weighted by molar-refractivity contribution is -0.184. The molecule has 2 aromatic heterocycles. The molecular weight excluding hydrogens is 929 g/mol.